The van der Waals surface area contributed by atoms with Crippen molar-refractivity contribution in [3.8, 4) is 0 Å². The molecule has 1 N–H and O–H groups in total. The van der Waals surface area contributed by atoms with Crippen LogP contribution in [0.5, 0.6) is 0 Å². The van der Waals surface area contributed by atoms with E-state index in [1.54, 1.807) is 7.11 Å². The van der Waals surface area contributed by atoms with Gasteiger partial charge >= 0.3 is 0 Å². The molecule has 0 spiro atoms. The first-order valence-electron chi connectivity index (χ1n) is 6.52. The van der Waals surface area contributed by atoms with E-state index in [-0.39, 0.29) is 5.60 Å². The van der Waals surface area contributed by atoms with E-state index in [0.717, 1.165) is 47.6 Å². The second-order valence-corrected chi connectivity index (χ2v) is 5.39. The highest BCUT2D eigenvalue weighted by atomic mass is 79.9. The van der Waals surface area contributed by atoms with Crippen molar-refractivity contribution in [2.45, 2.75) is 45.1 Å². The number of rotatable bonds is 5. The third kappa shape index (κ3) is 2.26. The molecule has 2 rings (SSSR count). The summed E-state index contributed by atoms with van der Waals surface area (Å²) in [5.74, 6) is 1.70. The zero-order chi connectivity index (χ0) is 13.2. The maximum absolute atomic E-state index is 5.66. The Labute approximate surface area is 117 Å². The number of hydrogen-bond donors (Lipinski definition) is 1. The fraction of sp³-hybridized carbons (Fsp3) is 0.692. The fourth-order valence-corrected chi connectivity index (χ4v) is 2.83. The average molecular weight is 314 g/mol. The number of hydrogen-bond acceptors (Lipinski definition) is 4. The minimum atomic E-state index is -0.255. The number of halogens is 1. The van der Waals surface area contributed by atoms with Crippen LogP contribution < -0.4 is 5.32 Å². The van der Waals surface area contributed by atoms with E-state index in [9.17, 15) is 0 Å². The van der Waals surface area contributed by atoms with Gasteiger partial charge in [-0.2, -0.15) is 0 Å². The molecule has 1 aromatic rings. The highest BCUT2D eigenvalue weighted by Gasteiger charge is 2.42. The summed E-state index contributed by atoms with van der Waals surface area (Å²) in [5.41, 5.74) is 0.786. The van der Waals surface area contributed by atoms with Crippen molar-refractivity contribution in [1.82, 2.24) is 9.97 Å². The van der Waals surface area contributed by atoms with Crippen LogP contribution in [0.3, 0.4) is 0 Å². The van der Waals surface area contributed by atoms with E-state index < -0.39 is 0 Å². The molecule has 0 aromatic carbocycles. The number of methoxy groups -OCH3 is 1. The van der Waals surface area contributed by atoms with Crippen LogP contribution in [0, 0.1) is 0 Å². The van der Waals surface area contributed by atoms with E-state index in [4.69, 9.17) is 4.74 Å². The lowest BCUT2D eigenvalue weighted by molar-refractivity contribution is -0.0847. The summed E-state index contributed by atoms with van der Waals surface area (Å²) in [6, 6.07) is 0. The SMILES string of the molecule is CCNc1nc(C2(OC)CCC2)nc(CC)c1Br. The molecule has 0 aliphatic heterocycles. The molecule has 0 atom stereocenters. The van der Waals surface area contributed by atoms with Gasteiger partial charge in [-0.15, -0.1) is 0 Å². The van der Waals surface area contributed by atoms with Crippen molar-refractivity contribution < 1.29 is 4.74 Å². The van der Waals surface area contributed by atoms with E-state index in [1.807, 2.05) is 0 Å². The summed E-state index contributed by atoms with van der Waals surface area (Å²) in [6.07, 6.45) is 4.10. The first-order chi connectivity index (χ1) is 8.66. The molecule has 1 aromatic heterocycles. The van der Waals surface area contributed by atoms with Gasteiger partial charge in [-0.1, -0.05) is 6.92 Å². The molecule has 4 nitrogen and oxygen atoms in total. The van der Waals surface area contributed by atoms with Gasteiger partial charge in [0.2, 0.25) is 0 Å². The van der Waals surface area contributed by atoms with E-state index in [2.05, 4.69) is 45.1 Å². The summed E-state index contributed by atoms with van der Waals surface area (Å²) in [5, 5.41) is 3.28. The zero-order valence-corrected chi connectivity index (χ0v) is 12.8. The van der Waals surface area contributed by atoms with Crippen molar-refractivity contribution in [3.05, 3.63) is 16.0 Å². The highest BCUT2D eigenvalue weighted by Crippen LogP contribution is 2.43. The second-order valence-electron chi connectivity index (χ2n) is 4.59. The Balaban J connectivity index is 2.44. The van der Waals surface area contributed by atoms with Gasteiger partial charge in [-0.3, -0.25) is 0 Å². The van der Waals surface area contributed by atoms with Crippen LogP contribution in [0.4, 0.5) is 5.82 Å². The van der Waals surface area contributed by atoms with Gasteiger partial charge in [0.05, 0.1) is 10.2 Å². The smallest absolute Gasteiger partial charge is 0.162 e. The van der Waals surface area contributed by atoms with Crippen molar-refractivity contribution >= 4 is 21.7 Å². The molecular formula is C13H20BrN3O. The van der Waals surface area contributed by atoms with Gasteiger partial charge in [0.15, 0.2) is 5.82 Å². The van der Waals surface area contributed by atoms with Crippen molar-refractivity contribution in [1.29, 1.82) is 0 Å². The van der Waals surface area contributed by atoms with Crippen molar-refractivity contribution in [2.24, 2.45) is 0 Å². The van der Waals surface area contributed by atoms with Gasteiger partial charge < -0.3 is 10.1 Å². The predicted molar refractivity (Wildman–Crippen MR) is 75.8 cm³/mol. The standard InChI is InChI=1S/C13H20BrN3O/c1-4-9-10(14)11(15-5-2)17-12(16-9)13(18-3)7-6-8-13/h4-8H2,1-3H3,(H,15,16,17). The zero-order valence-electron chi connectivity index (χ0n) is 11.2. The lowest BCUT2D eigenvalue weighted by Crippen LogP contribution is -2.38. The Kier molecular flexibility index (Phi) is 4.22. The Bertz CT molecular complexity index is 427. The lowest BCUT2D eigenvalue weighted by Gasteiger charge is -2.39. The molecule has 100 valence electrons. The maximum Gasteiger partial charge on any atom is 0.162 e. The molecule has 1 saturated carbocycles. The number of aryl methyl sites for hydroxylation is 1. The van der Waals surface area contributed by atoms with Crippen molar-refractivity contribution in [3.63, 3.8) is 0 Å². The van der Waals surface area contributed by atoms with Crippen LogP contribution in [-0.2, 0) is 16.8 Å². The molecule has 1 heterocycles. The predicted octanol–water partition coefficient (Wildman–Crippen LogP) is 3.26. The molecule has 0 unspecified atom stereocenters. The topological polar surface area (TPSA) is 47.0 Å². The number of ether oxygens (including phenoxy) is 1. The molecule has 0 saturated heterocycles. The summed E-state index contributed by atoms with van der Waals surface area (Å²) in [6.45, 7) is 5.01. The molecule has 18 heavy (non-hydrogen) atoms. The Morgan fingerprint density at radius 2 is 2.06 bits per heavy atom. The summed E-state index contributed by atoms with van der Waals surface area (Å²) < 4.78 is 6.64. The molecule has 1 aliphatic rings. The van der Waals surface area contributed by atoms with Crippen LogP contribution in [0.1, 0.15) is 44.6 Å². The van der Waals surface area contributed by atoms with Gasteiger partial charge in [0, 0.05) is 13.7 Å². The molecule has 0 amide bonds. The minimum absolute atomic E-state index is 0.255. The van der Waals surface area contributed by atoms with Gasteiger partial charge in [-0.05, 0) is 48.5 Å². The van der Waals surface area contributed by atoms with Crippen LogP contribution in [0.2, 0.25) is 0 Å². The van der Waals surface area contributed by atoms with Crippen LogP contribution in [0.25, 0.3) is 0 Å². The first-order valence-corrected chi connectivity index (χ1v) is 7.32. The van der Waals surface area contributed by atoms with E-state index >= 15 is 0 Å². The molecule has 0 bridgehead atoms. The third-order valence-electron chi connectivity index (χ3n) is 3.56. The Morgan fingerprint density at radius 3 is 2.50 bits per heavy atom. The summed E-state index contributed by atoms with van der Waals surface area (Å²) >= 11 is 3.58. The molecule has 5 heteroatoms. The highest BCUT2D eigenvalue weighted by molar-refractivity contribution is 9.10. The quantitative estimate of drug-likeness (QED) is 0.906. The molecule has 0 radical (unpaired) electrons. The lowest BCUT2D eigenvalue weighted by atomic mass is 9.79. The first kappa shape index (κ1) is 13.7. The largest absolute Gasteiger partial charge is 0.370 e. The molecule has 1 aliphatic carbocycles. The minimum Gasteiger partial charge on any atom is -0.370 e. The van der Waals surface area contributed by atoms with Gasteiger partial charge in [-0.25, -0.2) is 9.97 Å². The second kappa shape index (κ2) is 5.53. The molecule has 1 fully saturated rings. The van der Waals surface area contributed by atoms with Crippen LogP contribution in [-0.4, -0.2) is 23.6 Å². The third-order valence-corrected chi connectivity index (χ3v) is 4.39. The van der Waals surface area contributed by atoms with Gasteiger partial charge in [0.25, 0.3) is 0 Å². The van der Waals surface area contributed by atoms with E-state index in [1.165, 1.54) is 6.42 Å². The number of nitrogens with zero attached hydrogens (tertiary/aromatic N) is 2. The summed E-state index contributed by atoms with van der Waals surface area (Å²) in [7, 11) is 1.75. The number of nitrogens with one attached hydrogen (secondary N) is 1. The molecular weight excluding hydrogens is 294 g/mol. The van der Waals surface area contributed by atoms with Crippen LogP contribution in [0.15, 0.2) is 4.47 Å². The van der Waals surface area contributed by atoms with E-state index in [0.29, 0.717) is 0 Å². The summed E-state index contributed by atoms with van der Waals surface area (Å²) in [4.78, 5) is 9.32. The maximum atomic E-state index is 5.66. The Morgan fingerprint density at radius 1 is 1.33 bits per heavy atom. The van der Waals surface area contributed by atoms with Gasteiger partial charge in [0.1, 0.15) is 11.4 Å². The Hall–Kier alpha value is -0.680. The monoisotopic (exact) mass is 313 g/mol. The number of aromatic nitrogens is 2. The fourth-order valence-electron chi connectivity index (χ4n) is 2.23. The normalized spacial score (nSPS) is 17.3. The van der Waals surface area contributed by atoms with Crippen molar-refractivity contribution in [2.75, 3.05) is 19.0 Å². The van der Waals surface area contributed by atoms with Crippen LogP contribution >= 0.6 is 15.9 Å². The number of anilines is 1. The average Bonchev–Trinajstić information content (AvgIpc) is 2.32.